The zero-order chi connectivity index (χ0) is 13.8. The van der Waals surface area contributed by atoms with Gasteiger partial charge in [-0.3, -0.25) is 0 Å². The normalized spacial score (nSPS) is 11.6. The molecule has 1 aromatic carbocycles. The third-order valence-corrected chi connectivity index (χ3v) is 3.20. The fourth-order valence-electron chi connectivity index (χ4n) is 2.01. The lowest BCUT2D eigenvalue weighted by atomic mass is 10.2. The smallest absolute Gasteiger partial charge is 0.178 e. The van der Waals surface area contributed by atoms with Crippen molar-refractivity contribution in [3.05, 3.63) is 28.8 Å². The van der Waals surface area contributed by atoms with E-state index in [0.717, 1.165) is 25.1 Å². The molecule has 0 saturated carbocycles. The highest BCUT2D eigenvalue weighted by Crippen LogP contribution is 2.17. The van der Waals surface area contributed by atoms with Crippen molar-refractivity contribution in [1.82, 2.24) is 9.55 Å². The van der Waals surface area contributed by atoms with E-state index in [2.05, 4.69) is 18.8 Å². The SMILES string of the molecule is CC(C)COCCCn1c(=S)[nH]c2c(F)cccc21. The highest BCUT2D eigenvalue weighted by Gasteiger charge is 2.07. The molecule has 1 N–H and O–H groups in total. The van der Waals surface area contributed by atoms with Crippen molar-refractivity contribution in [2.45, 2.75) is 26.8 Å². The second kappa shape index (κ2) is 6.30. The second-order valence-electron chi connectivity index (χ2n) is 5.04. The molecule has 3 nitrogen and oxygen atoms in total. The Balaban J connectivity index is 2.03. The van der Waals surface area contributed by atoms with Gasteiger partial charge in [-0.25, -0.2) is 4.39 Å². The molecule has 0 spiro atoms. The number of H-pyrrole nitrogens is 1. The van der Waals surface area contributed by atoms with E-state index >= 15 is 0 Å². The molecular weight excluding hydrogens is 263 g/mol. The van der Waals surface area contributed by atoms with Gasteiger partial charge in [-0.2, -0.15) is 0 Å². The second-order valence-corrected chi connectivity index (χ2v) is 5.42. The Hall–Kier alpha value is -1.20. The number of imidazole rings is 1. The molecule has 104 valence electrons. The van der Waals surface area contributed by atoms with E-state index < -0.39 is 0 Å². The minimum absolute atomic E-state index is 0.265. The van der Waals surface area contributed by atoms with Crippen molar-refractivity contribution in [2.24, 2.45) is 5.92 Å². The van der Waals surface area contributed by atoms with Crippen LogP contribution < -0.4 is 0 Å². The van der Waals surface area contributed by atoms with Crippen LogP contribution in [0.2, 0.25) is 0 Å². The first kappa shape index (κ1) is 14.2. The summed E-state index contributed by atoms with van der Waals surface area (Å²) in [6.07, 6.45) is 0.866. The molecule has 0 saturated heterocycles. The molecule has 0 fully saturated rings. The molecule has 1 aromatic heterocycles. The summed E-state index contributed by atoms with van der Waals surface area (Å²) >= 11 is 5.23. The average molecular weight is 282 g/mol. The van der Waals surface area contributed by atoms with Gasteiger partial charge in [0.05, 0.1) is 5.52 Å². The summed E-state index contributed by atoms with van der Waals surface area (Å²) in [5, 5.41) is 0. The predicted molar refractivity (Wildman–Crippen MR) is 77.4 cm³/mol. The van der Waals surface area contributed by atoms with Crippen LogP contribution in [-0.4, -0.2) is 22.8 Å². The maximum atomic E-state index is 13.6. The van der Waals surface area contributed by atoms with Gasteiger partial charge in [0.15, 0.2) is 4.77 Å². The molecular formula is C14H19FN2OS. The minimum Gasteiger partial charge on any atom is -0.381 e. The van der Waals surface area contributed by atoms with Gasteiger partial charge in [-0.05, 0) is 36.7 Å². The van der Waals surface area contributed by atoms with Crippen LogP contribution in [0.1, 0.15) is 20.3 Å². The minimum atomic E-state index is -0.265. The number of hydrogen-bond acceptors (Lipinski definition) is 2. The molecule has 2 rings (SSSR count). The molecule has 0 amide bonds. The number of aromatic nitrogens is 2. The quantitative estimate of drug-likeness (QED) is 0.643. The number of halogens is 1. The van der Waals surface area contributed by atoms with Crippen molar-refractivity contribution in [1.29, 1.82) is 0 Å². The van der Waals surface area contributed by atoms with Crippen LogP contribution in [-0.2, 0) is 11.3 Å². The standard InChI is InChI=1S/C14H19FN2OS/c1-10(2)9-18-8-4-7-17-12-6-3-5-11(15)13(12)16-14(17)19/h3,5-6,10H,4,7-9H2,1-2H3,(H,16,19). The number of nitrogens with one attached hydrogen (secondary N) is 1. The van der Waals surface area contributed by atoms with Gasteiger partial charge in [0.1, 0.15) is 11.3 Å². The van der Waals surface area contributed by atoms with Gasteiger partial charge < -0.3 is 14.3 Å². The number of aryl methyl sites for hydroxylation is 1. The van der Waals surface area contributed by atoms with Crippen LogP contribution >= 0.6 is 12.2 Å². The summed E-state index contributed by atoms with van der Waals surface area (Å²) in [7, 11) is 0. The maximum absolute atomic E-state index is 13.6. The topological polar surface area (TPSA) is 29.9 Å². The van der Waals surface area contributed by atoms with Gasteiger partial charge in [0.2, 0.25) is 0 Å². The van der Waals surface area contributed by atoms with Crippen molar-refractivity contribution in [3.8, 4) is 0 Å². The lowest BCUT2D eigenvalue weighted by Gasteiger charge is -2.07. The van der Waals surface area contributed by atoms with E-state index in [4.69, 9.17) is 17.0 Å². The van der Waals surface area contributed by atoms with Crippen LogP contribution in [0.25, 0.3) is 11.0 Å². The number of para-hydroxylation sites is 1. The predicted octanol–water partition coefficient (Wildman–Crippen LogP) is 3.90. The van der Waals surface area contributed by atoms with Crippen molar-refractivity contribution in [3.63, 3.8) is 0 Å². The van der Waals surface area contributed by atoms with E-state index in [0.29, 0.717) is 22.8 Å². The molecule has 1 heterocycles. The Kier molecular flexibility index (Phi) is 4.71. The van der Waals surface area contributed by atoms with E-state index in [1.54, 1.807) is 6.07 Å². The van der Waals surface area contributed by atoms with E-state index in [1.165, 1.54) is 6.07 Å². The fraction of sp³-hybridized carbons (Fsp3) is 0.500. The number of hydrogen-bond donors (Lipinski definition) is 1. The highest BCUT2D eigenvalue weighted by molar-refractivity contribution is 7.71. The third kappa shape index (κ3) is 3.42. The summed E-state index contributed by atoms with van der Waals surface area (Å²) in [6, 6.07) is 5.01. The van der Waals surface area contributed by atoms with Crippen molar-refractivity contribution in [2.75, 3.05) is 13.2 Å². The van der Waals surface area contributed by atoms with Gasteiger partial charge in [0, 0.05) is 19.8 Å². The molecule has 2 aromatic rings. The first-order chi connectivity index (χ1) is 9.09. The lowest BCUT2D eigenvalue weighted by Crippen LogP contribution is -2.06. The van der Waals surface area contributed by atoms with Gasteiger partial charge in [-0.1, -0.05) is 19.9 Å². The monoisotopic (exact) mass is 282 g/mol. The summed E-state index contributed by atoms with van der Waals surface area (Å²) in [4.78, 5) is 2.92. The van der Waals surface area contributed by atoms with Crippen LogP contribution in [0.4, 0.5) is 4.39 Å². The Morgan fingerprint density at radius 2 is 2.21 bits per heavy atom. The fourth-order valence-corrected chi connectivity index (χ4v) is 2.30. The summed E-state index contributed by atoms with van der Waals surface area (Å²) < 4.78 is 21.6. The van der Waals surface area contributed by atoms with Crippen LogP contribution in [0, 0.1) is 16.5 Å². The van der Waals surface area contributed by atoms with Gasteiger partial charge in [0.25, 0.3) is 0 Å². The Labute approximate surface area is 117 Å². The van der Waals surface area contributed by atoms with Gasteiger partial charge >= 0.3 is 0 Å². The lowest BCUT2D eigenvalue weighted by molar-refractivity contribution is 0.105. The van der Waals surface area contributed by atoms with Crippen LogP contribution in [0.15, 0.2) is 18.2 Å². The molecule has 0 atom stereocenters. The van der Waals surface area contributed by atoms with Gasteiger partial charge in [-0.15, -0.1) is 0 Å². The molecule has 5 heteroatoms. The molecule has 0 aliphatic carbocycles. The van der Waals surface area contributed by atoms with Crippen molar-refractivity contribution >= 4 is 23.3 Å². The van der Waals surface area contributed by atoms with E-state index in [-0.39, 0.29) is 5.82 Å². The number of fused-ring (bicyclic) bond motifs is 1. The maximum Gasteiger partial charge on any atom is 0.178 e. The Bertz CT molecular complexity index is 603. The molecule has 0 radical (unpaired) electrons. The highest BCUT2D eigenvalue weighted by atomic mass is 32.1. The molecule has 19 heavy (non-hydrogen) atoms. The zero-order valence-electron chi connectivity index (χ0n) is 11.3. The Morgan fingerprint density at radius 3 is 2.95 bits per heavy atom. The average Bonchev–Trinajstić information content (AvgIpc) is 2.67. The number of ether oxygens (including phenoxy) is 1. The first-order valence-corrected chi connectivity index (χ1v) is 6.95. The van der Waals surface area contributed by atoms with Crippen LogP contribution in [0.5, 0.6) is 0 Å². The largest absolute Gasteiger partial charge is 0.381 e. The molecule has 0 aliphatic heterocycles. The van der Waals surface area contributed by atoms with E-state index in [1.807, 2.05) is 10.6 Å². The van der Waals surface area contributed by atoms with Crippen LogP contribution in [0.3, 0.4) is 0 Å². The number of benzene rings is 1. The number of nitrogens with zero attached hydrogens (tertiary/aromatic N) is 1. The number of rotatable bonds is 6. The molecule has 0 aliphatic rings. The van der Waals surface area contributed by atoms with Crippen molar-refractivity contribution < 1.29 is 9.13 Å². The molecule has 0 unspecified atom stereocenters. The summed E-state index contributed by atoms with van der Waals surface area (Å²) in [6.45, 7) is 6.45. The summed E-state index contributed by atoms with van der Waals surface area (Å²) in [5.74, 6) is 0.280. The third-order valence-electron chi connectivity index (χ3n) is 2.88. The first-order valence-electron chi connectivity index (χ1n) is 6.54. The number of aromatic amines is 1. The van der Waals surface area contributed by atoms with E-state index in [9.17, 15) is 4.39 Å². The Morgan fingerprint density at radius 1 is 1.42 bits per heavy atom. The molecule has 0 bridgehead atoms. The summed E-state index contributed by atoms with van der Waals surface area (Å²) in [5.41, 5.74) is 1.30. The zero-order valence-corrected chi connectivity index (χ0v) is 12.1.